The lowest BCUT2D eigenvalue weighted by Gasteiger charge is -2.36. The molecule has 3 heterocycles. The lowest BCUT2D eigenvalue weighted by atomic mass is 10.1. The van der Waals surface area contributed by atoms with Crippen LogP contribution in [0.1, 0.15) is 13.3 Å². The van der Waals surface area contributed by atoms with Gasteiger partial charge in [-0.05, 0) is 36.7 Å². The minimum absolute atomic E-state index is 0.0734. The van der Waals surface area contributed by atoms with E-state index in [1.807, 2.05) is 36.5 Å². The number of nitrogens with one attached hydrogen (secondary N) is 2. The highest BCUT2D eigenvalue weighted by molar-refractivity contribution is 6.06. The Bertz CT molecular complexity index is 854. The number of aliphatic imine (C=N–C) groups is 2. The number of anilines is 1. The number of hydrogen-bond donors (Lipinski definition) is 2. The van der Waals surface area contributed by atoms with Crippen LogP contribution < -0.4 is 10.6 Å². The van der Waals surface area contributed by atoms with E-state index in [1.165, 1.54) is 0 Å². The third-order valence-corrected chi connectivity index (χ3v) is 5.06. The summed E-state index contributed by atoms with van der Waals surface area (Å²) in [5, 5.41) is 6.71. The van der Waals surface area contributed by atoms with Crippen molar-refractivity contribution in [2.75, 3.05) is 38.5 Å². The van der Waals surface area contributed by atoms with Gasteiger partial charge >= 0.3 is 0 Å². The predicted molar refractivity (Wildman–Crippen MR) is 114 cm³/mol. The summed E-state index contributed by atoms with van der Waals surface area (Å²) in [7, 11) is 2.15. The van der Waals surface area contributed by atoms with Gasteiger partial charge in [-0.2, -0.15) is 0 Å². The van der Waals surface area contributed by atoms with Crippen LogP contribution in [0.3, 0.4) is 0 Å². The number of rotatable bonds is 3. The van der Waals surface area contributed by atoms with Gasteiger partial charge in [0, 0.05) is 32.4 Å². The van der Waals surface area contributed by atoms with Crippen molar-refractivity contribution in [1.82, 2.24) is 20.1 Å². The lowest BCUT2D eigenvalue weighted by Crippen LogP contribution is -2.55. The monoisotopic (exact) mass is 377 g/mol. The van der Waals surface area contributed by atoms with Crippen molar-refractivity contribution >= 4 is 17.7 Å². The quantitative estimate of drug-likeness (QED) is 0.860. The van der Waals surface area contributed by atoms with Gasteiger partial charge in [-0.25, -0.2) is 15.0 Å². The van der Waals surface area contributed by atoms with Crippen LogP contribution in [0.2, 0.25) is 0 Å². The molecule has 0 amide bonds. The van der Waals surface area contributed by atoms with Gasteiger partial charge in [0.1, 0.15) is 12.0 Å². The molecule has 146 valence electrons. The minimum Gasteiger partial charge on any atom is -0.340 e. The number of hydrogen-bond acceptors (Lipinski definition) is 7. The van der Waals surface area contributed by atoms with Crippen LogP contribution in [0.25, 0.3) is 11.1 Å². The molecule has 0 spiro atoms. The summed E-state index contributed by atoms with van der Waals surface area (Å²) < 4.78 is 0. The summed E-state index contributed by atoms with van der Waals surface area (Å²) in [6.07, 6.45) is 2.61. The highest BCUT2D eigenvalue weighted by Gasteiger charge is 2.23. The van der Waals surface area contributed by atoms with Crippen molar-refractivity contribution in [2.24, 2.45) is 9.98 Å². The van der Waals surface area contributed by atoms with Crippen molar-refractivity contribution < 1.29 is 0 Å². The Labute approximate surface area is 166 Å². The first-order valence-electron chi connectivity index (χ1n) is 9.86. The molecule has 2 N–H and O–H groups in total. The molecule has 1 atom stereocenters. The Hall–Kier alpha value is -2.93. The second-order valence-corrected chi connectivity index (χ2v) is 7.16. The van der Waals surface area contributed by atoms with E-state index >= 15 is 0 Å². The Morgan fingerprint density at radius 2 is 1.82 bits per heavy atom. The van der Waals surface area contributed by atoms with Gasteiger partial charge in [-0.1, -0.05) is 37.3 Å². The highest BCUT2D eigenvalue weighted by atomic mass is 15.4. The van der Waals surface area contributed by atoms with Gasteiger partial charge in [-0.3, -0.25) is 5.32 Å². The van der Waals surface area contributed by atoms with Gasteiger partial charge in [-0.15, -0.1) is 0 Å². The number of pyridine rings is 1. The topological polar surface area (TPSA) is 68.2 Å². The molecule has 2 aliphatic heterocycles. The van der Waals surface area contributed by atoms with E-state index < -0.39 is 0 Å². The zero-order chi connectivity index (χ0) is 19.3. The van der Waals surface area contributed by atoms with Gasteiger partial charge < -0.3 is 15.1 Å². The summed E-state index contributed by atoms with van der Waals surface area (Å²) in [5.74, 6) is 2.37. The van der Waals surface area contributed by atoms with Crippen LogP contribution in [-0.2, 0) is 0 Å². The van der Waals surface area contributed by atoms with Crippen LogP contribution in [0.5, 0.6) is 0 Å². The lowest BCUT2D eigenvalue weighted by molar-refractivity contribution is 0.212. The molecule has 7 heteroatoms. The molecular formula is C21H27N7. The first kappa shape index (κ1) is 18.4. The molecule has 2 aliphatic rings. The standard InChI is InChI=1S/C21H27N7/c1-3-18-23-20(26-21(25-18)28-13-11-27(2)12-14-28)24-19-15-17(9-10-22-19)16-7-5-4-6-8-16/h4-10,15,18H,3,11-14H2,1-2H3,(H2,22,23,24,25,26). The number of benzene rings is 1. The normalized spacial score (nSPS) is 20.2. The van der Waals surface area contributed by atoms with Crippen LogP contribution >= 0.6 is 0 Å². The first-order chi connectivity index (χ1) is 13.7. The van der Waals surface area contributed by atoms with Crippen LogP contribution in [0, 0.1) is 0 Å². The minimum atomic E-state index is -0.0734. The largest absolute Gasteiger partial charge is 0.340 e. The maximum Gasteiger partial charge on any atom is 0.206 e. The SMILES string of the molecule is CCC1N=C(Nc2cc(-c3ccccc3)ccn2)NC(N2CCN(C)CC2)=N1. The van der Waals surface area contributed by atoms with E-state index in [4.69, 9.17) is 4.99 Å². The van der Waals surface area contributed by atoms with Crippen LogP contribution in [-0.4, -0.2) is 66.1 Å². The summed E-state index contributed by atoms with van der Waals surface area (Å²) in [4.78, 5) is 18.6. The Balaban J connectivity index is 1.49. The summed E-state index contributed by atoms with van der Waals surface area (Å²) in [5.41, 5.74) is 2.28. The fourth-order valence-corrected chi connectivity index (χ4v) is 3.34. The molecule has 0 radical (unpaired) electrons. The number of aromatic nitrogens is 1. The Kier molecular flexibility index (Phi) is 5.53. The zero-order valence-electron chi connectivity index (χ0n) is 16.5. The van der Waals surface area contributed by atoms with Crippen LogP contribution in [0.15, 0.2) is 58.6 Å². The molecule has 1 aromatic heterocycles. The molecule has 1 saturated heterocycles. The second-order valence-electron chi connectivity index (χ2n) is 7.16. The summed E-state index contributed by atoms with van der Waals surface area (Å²) >= 11 is 0. The Morgan fingerprint density at radius 3 is 2.57 bits per heavy atom. The molecule has 1 aromatic carbocycles. The average molecular weight is 377 g/mol. The molecule has 0 saturated carbocycles. The maximum atomic E-state index is 4.77. The molecule has 2 aromatic rings. The highest BCUT2D eigenvalue weighted by Crippen LogP contribution is 2.21. The molecule has 28 heavy (non-hydrogen) atoms. The third kappa shape index (κ3) is 4.31. The van der Waals surface area contributed by atoms with Gasteiger partial charge in [0.15, 0.2) is 0 Å². The van der Waals surface area contributed by atoms with E-state index in [9.17, 15) is 0 Å². The first-order valence-corrected chi connectivity index (χ1v) is 9.86. The van der Waals surface area contributed by atoms with Crippen molar-refractivity contribution in [3.8, 4) is 11.1 Å². The van der Waals surface area contributed by atoms with E-state index in [0.29, 0.717) is 5.96 Å². The van der Waals surface area contributed by atoms with Crippen molar-refractivity contribution in [3.63, 3.8) is 0 Å². The van der Waals surface area contributed by atoms with Crippen molar-refractivity contribution in [1.29, 1.82) is 0 Å². The van der Waals surface area contributed by atoms with E-state index in [0.717, 1.165) is 55.5 Å². The Morgan fingerprint density at radius 1 is 1.04 bits per heavy atom. The number of likely N-dealkylation sites (N-methyl/N-ethyl adjacent to an activating group) is 1. The van der Waals surface area contributed by atoms with Gasteiger partial charge in [0.25, 0.3) is 0 Å². The van der Waals surface area contributed by atoms with E-state index in [1.54, 1.807) is 0 Å². The maximum absolute atomic E-state index is 4.77. The van der Waals surface area contributed by atoms with Gasteiger partial charge in [0.05, 0.1) is 0 Å². The second kappa shape index (κ2) is 8.39. The molecule has 1 fully saturated rings. The van der Waals surface area contributed by atoms with Crippen LogP contribution in [0.4, 0.5) is 5.82 Å². The van der Waals surface area contributed by atoms with E-state index in [2.05, 4.69) is 56.5 Å². The fraction of sp³-hybridized carbons (Fsp3) is 0.381. The van der Waals surface area contributed by atoms with Crippen molar-refractivity contribution in [2.45, 2.75) is 19.5 Å². The zero-order valence-corrected chi connectivity index (χ0v) is 16.5. The molecule has 0 bridgehead atoms. The summed E-state index contributed by atoms with van der Waals surface area (Å²) in [6.45, 7) is 6.12. The smallest absolute Gasteiger partial charge is 0.206 e. The van der Waals surface area contributed by atoms with E-state index in [-0.39, 0.29) is 6.17 Å². The number of guanidine groups is 2. The number of nitrogens with zero attached hydrogens (tertiary/aromatic N) is 5. The molecule has 0 aliphatic carbocycles. The van der Waals surface area contributed by atoms with Gasteiger partial charge in [0.2, 0.25) is 11.9 Å². The van der Waals surface area contributed by atoms with Crippen molar-refractivity contribution in [3.05, 3.63) is 48.7 Å². The summed E-state index contributed by atoms with van der Waals surface area (Å²) in [6, 6.07) is 14.4. The molecular weight excluding hydrogens is 350 g/mol. The number of piperazine rings is 1. The predicted octanol–water partition coefficient (Wildman–Crippen LogP) is 2.46. The average Bonchev–Trinajstić information content (AvgIpc) is 2.75. The molecule has 4 rings (SSSR count). The fourth-order valence-electron chi connectivity index (χ4n) is 3.34. The molecule has 1 unspecified atom stereocenters. The third-order valence-electron chi connectivity index (χ3n) is 5.06. The molecule has 7 nitrogen and oxygen atoms in total.